The number of aromatic nitrogens is 1. The fourth-order valence-electron chi connectivity index (χ4n) is 1.14. The van der Waals surface area contributed by atoms with Crippen molar-refractivity contribution < 1.29 is 4.74 Å². The van der Waals surface area contributed by atoms with Crippen molar-refractivity contribution in [3.8, 4) is 17.7 Å². The second-order valence-corrected chi connectivity index (χ2v) is 2.91. The predicted octanol–water partition coefficient (Wildman–Crippen LogP) is 2.75. The Bertz CT molecular complexity index is 488. The smallest absolute Gasteiger partial charge is 0.220 e. The zero-order valence-electron chi connectivity index (χ0n) is 7.92. The molecule has 0 radical (unpaired) electrons. The second kappa shape index (κ2) is 4.25. The average molecular weight is 196 g/mol. The average Bonchev–Trinajstić information content (AvgIpc) is 2.31. The molecule has 0 amide bonds. The molecule has 0 N–H and O–H groups in total. The van der Waals surface area contributed by atoms with Crippen LogP contribution in [0.2, 0.25) is 0 Å². The molecule has 2 rings (SSSR count). The van der Waals surface area contributed by atoms with Gasteiger partial charge in [0.2, 0.25) is 5.88 Å². The summed E-state index contributed by atoms with van der Waals surface area (Å²) in [6, 6.07) is 14.6. The van der Waals surface area contributed by atoms with Gasteiger partial charge in [-0.15, -0.1) is 0 Å². The Kier molecular flexibility index (Phi) is 2.61. The molecule has 3 heteroatoms. The van der Waals surface area contributed by atoms with Gasteiger partial charge in [-0.2, -0.15) is 5.26 Å². The molecule has 1 heterocycles. The molecule has 3 nitrogen and oxygen atoms in total. The van der Waals surface area contributed by atoms with Gasteiger partial charge in [0.25, 0.3) is 0 Å². The molecule has 0 spiro atoms. The minimum absolute atomic E-state index is 0.431. The lowest BCUT2D eigenvalue weighted by Crippen LogP contribution is -1.87. The van der Waals surface area contributed by atoms with Crippen molar-refractivity contribution in [3.63, 3.8) is 0 Å². The minimum Gasteiger partial charge on any atom is -0.439 e. The van der Waals surface area contributed by atoms with Crippen LogP contribution in [0.1, 0.15) is 5.56 Å². The Balaban J connectivity index is 2.22. The number of ether oxygens (including phenoxy) is 1. The Hall–Kier alpha value is -2.34. The summed E-state index contributed by atoms with van der Waals surface area (Å²) in [6.07, 6.45) is 1.55. The summed E-state index contributed by atoms with van der Waals surface area (Å²) in [6.45, 7) is 0. The number of para-hydroxylation sites is 1. The zero-order chi connectivity index (χ0) is 10.5. The highest BCUT2D eigenvalue weighted by Gasteiger charge is 1.98. The van der Waals surface area contributed by atoms with E-state index in [0.717, 1.165) is 0 Å². The molecule has 0 saturated heterocycles. The van der Waals surface area contributed by atoms with E-state index >= 15 is 0 Å². The van der Waals surface area contributed by atoms with Gasteiger partial charge in [-0.1, -0.05) is 18.2 Å². The van der Waals surface area contributed by atoms with Gasteiger partial charge in [-0.25, -0.2) is 4.98 Å². The molecule has 1 aromatic carbocycles. The van der Waals surface area contributed by atoms with E-state index in [9.17, 15) is 0 Å². The minimum atomic E-state index is 0.431. The van der Waals surface area contributed by atoms with E-state index in [1.54, 1.807) is 18.3 Å². The van der Waals surface area contributed by atoms with Gasteiger partial charge in [0.15, 0.2) is 0 Å². The second-order valence-electron chi connectivity index (χ2n) is 2.91. The van der Waals surface area contributed by atoms with Crippen LogP contribution in [0.3, 0.4) is 0 Å². The van der Waals surface area contributed by atoms with Gasteiger partial charge < -0.3 is 4.74 Å². The van der Waals surface area contributed by atoms with E-state index in [0.29, 0.717) is 17.2 Å². The van der Waals surface area contributed by atoms with E-state index in [1.165, 1.54) is 0 Å². The van der Waals surface area contributed by atoms with Crippen LogP contribution in [0.15, 0.2) is 48.7 Å². The number of pyridine rings is 1. The first-order chi connectivity index (χ1) is 7.38. The maximum atomic E-state index is 8.69. The molecular weight excluding hydrogens is 188 g/mol. The summed E-state index contributed by atoms with van der Waals surface area (Å²) >= 11 is 0. The van der Waals surface area contributed by atoms with E-state index in [1.807, 2.05) is 36.4 Å². The summed E-state index contributed by atoms with van der Waals surface area (Å²) in [5.41, 5.74) is 0.538. The molecule has 0 fully saturated rings. The molecule has 0 atom stereocenters. The van der Waals surface area contributed by atoms with Crippen molar-refractivity contribution in [1.29, 1.82) is 5.26 Å². The lowest BCUT2D eigenvalue weighted by Gasteiger charge is -2.03. The number of nitrogens with zero attached hydrogens (tertiary/aromatic N) is 2. The molecule has 2 aromatic rings. The molecule has 0 aliphatic heterocycles. The van der Waals surface area contributed by atoms with Gasteiger partial charge in [0, 0.05) is 12.3 Å². The van der Waals surface area contributed by atoms with E-state index in [2.05, 4.69) is 4.98 Å². The quantitative estimate of drug-likeness (QED) is 0.741. The highest BCUT2D eigenvalue weighted by molar-refractivity contribution is 5.34. The van der Waals surface area contributed by atoms with Crippen molar-refractivity contribution in [3.05, 3.63) is 54.2 Å². The van der Waals surface area contributed by atoms with Crippen LogP contribution >= 0.6 is 0 Å². The SMILES string of the molecule is N#Cc1ccnc(Oc2ccccc2)c1. The molecule has 0 aliphatic carbocycles. The van der Waals surface area contributed by atoms with E-state index in [4.69, 9.17) is 10.00 Å². The third-order valence-corrected chi connectivity index (χ3v) is 1.83. The Morgan fingerprint density at radius 2 is 1.93 bits per heavy atom. The van der Waals surface area contributed by atoms with Crippen molar-refractivity contribution in [2.75, 3.05) is 0 Å². The van der Waals surface area contributed by atoms with Crippen LogP contribution in [-0.2, 0) is 0 Å². The molecule has 15 heavy (non-hydrogen) atoms. The monoisotopic (exact) mass is 196 g/mol. The summed E-state index contributed by atoms with van der Waals surface area (Å²) < 4.78 is 5.46. The van der Waals surface area contributed by atoms with Crippen molar-refractivity contribution in [2.45, 2.75) is 0 Å². The lowest BCUT2D eigenvalue weighted by atomic mass is 10.3. The molecule has 1 aromatic heterocycles. The van der Waals surface area contributed by atoms with Crippen LogP contribution in [0, 0.1) is 11.3 Å². The Labute approximate surface area is 87.6 Å². The van der Waals surface area contributed by atoms with Crippen molar-refractivity contribution >= 4 is 0 Å². The zero-order valence-corrected chi connectivity index (χ0v) is 7.92. The van der Waals surface area contributed by atoms with Crippen LogP contribution in [0.4, 0.5) is 0 Å². The number of benzene rings is 1. The van der Waals surface area contributed by atoms with E-state index < -0.39 is 0 Å². The maximum absolute atomic E-state index is 8.69. The van der Waals surface area contributed by atoms with Gasteiger partial charge in [0.05, 0.1) is 11.6 Å². The number of hydrogen-bond donors (Lipinski definition) is 0. The topological polar surface area (TPSA) is 45.9 Å². The van der Waals surface area contributed by atoms with Gasteiger partial charge in [0.1, 0.15) is 5.75 Å². The first-order valence-electron chi connectivity index (χ1n) is 4.47. The number of nitriles is 1. The fourth-order valence-corrected chi connectivity index (χ4v) is 1.14. The van der Waals surface area contributed by atoms with Crippen LogP contribution in [0.5, 0.6) is 11.6 Å². The predicted molar refractivity (Wildman–Crippen MR) is 55.5 cm³/mol. The Morgan fingerprint density at radius 1 is 1.13 bits per heavy atom. The van der Waals surface area contributed by atoms with Crippen LogP contribution in [0.25, 0.3) is 0 Å². The molecule has 0 saturated carbocycles. The number of hydrogen-bond acceptors (Lipinski definition) is 3. The molecule has 0 unspecified atom stereocenters. The van der Waals surface area contributed by atoms with Gasteiger partial charge in [-0.05, 0) is 18.2 Å². The normalized spacial score (nSPS) is 9.27. The summed E-state index contributed by atoms with van der Waals surface area (Å²) in [7, 11) is 0. The number of rotatable bonds is 2. The third kappa shape index (κ3) is 2.32. The summed E-state index contributed by atoms with van der Waals surface area (Å²) in [5, 5.41) is 8.69. The van der Waals surface area contributed by atoms with Crippen LogP contribution in [-0.4, -0.2) is 4.98 Å². The summed E-state index contributed by atoms with van der Waals surface area (Å²) in [5.74, 6) is 1.14. The Morgan fingerprint density at radius 3 is 2.67 bits per heavy atom. The summed E-state index contributed by atoms with van der Waals surface area (Å²) in [4.78, 5) is 4.01. The first kappa shape index (κ1) is 9.22. The maximum Gasteiger partial charge on any atom is 0.220 e. The fraction of sp³-hybridized carbons (Fsp3) is 0. The highest BCUT2D eigenvalue weighted by Crippen LogP contribution is 2.18. The van der Waals surface area contributed by atoms with Gasteiger partial charge >= 0.3 is 0 Å². The first-order valence-corrected chi connectivity index (χ1v) is 4.47. The lowest BCUT2D eigenvalue weighted by molar-refractivity contribution is 0.463. The van der Waals surface area contributed by atoms with E-state index in [-0.39, 0.29) is 0 Å². The molecule has 72 valence electrons. The standard InChI is InChI=1S/C12H8N2O/c13-9-10-6-7-14-12(8-10)15-11-4-2-1-3-5-11/h1-8H. The van der Waals surface area contributed by atoms with Crippen molar-refractivity contribution in [2.24, 2.45) is 0 Å². The molecule has 0 aliphatic rings. The largest absolute Gasteiger partial charge is 0.439 e. The highest BCUT2D eigenvalue weighted by atomic mass is 16.5. The van der Waals surface area contributed by atoms with Crippen molar-refractivity contribution in [1.82, 2.24) is 4.98 Å². The molecule has 0 bridgehead atoms. The molecular formula is C12H8N2O. The van der Waals surface area contributed by atoms with Crippen LogP contribution < -0.4 is 4.74 Å². The third-order valence-electron chi connectivity index (χ3n) is 1.83. The van der Waals surface area contributed by atoms with Gasteiger partial charge in [-0.3, -0.25) is 0 Å².